The van der Waals surface area contributed by atoms with E-state index in [1.54, 1.807) is 10.6 Å². The van der Waals surface area contributed by atoms with E-state index in [0.29, 0.717) is 37.5 Å². The Balaban J connectivity index is 1.60. The number of rotatable bonds is 4. The van der Waals surface area contributed by atoms with E-state index in [1.165, 1.54) is 11.8 Å². The molecule has 0 radical (unpaired) electrons. The molecule has 2 N–H and O–H groups in total. The Kier molecular flexibility index (Phi) is 4.29. The summed E-state index contributed by atoms with van der Waals surface area (Å²) >= 11 is 1.23. The van der Waals surface area contributed by atoms with Crippen LogP contribution in [0.25, 0.3) is 5.71 Å². The third kappa shape index (κ3) is 3.01. The van der Waals surface area contributed by atoms with Gasteiger partial charge in [0.2, 0.25) is 5.71 Å². The van der Waals surface area contributed by atoms with E-state index < -0.39 is 17.2 Å². The van der Waals surface area contributed by atoms with Crippen LogP contribution in [0.3, 0.4) is 0 Å². The second kappa shape index (κ2) is 6.61. The number of carboxylic acid groups (broad SMARTS) is 2. The highest BCUT2D eigenvalue weighted by atomic mass is 32.2. The number of nitrogens with zero attached hydrogens (tertiary/aromatic N) is 3. The second-order valence-electron chi connectivity index (χ2n) is 5.93. The highest BCUT2D eigenvalue weighted by Gasteiger charge is 2.28. The maximum atomic E-state index is 11.5. The van der Waals surface area contributed by atoms with E-state index in [9.17, 15) is 14.7 Å². The van der Waals surface area contributed by atoms with Crippen molar-refractivity contribution in [2.45, 2.75) is 24.7 Å². The lowest BCUT2D eigenvalue weighted by molar-refractivity contribution is -0.133. The summed E-state index contributed by atoms with van der Waals surface area (Å²) in [6.07, 6.45) is 2.18. The molecule has 136 valence electrons. The quantitative estimate of drug-likeness (QED) is 0.812. The molecule has 2 aliphatic heterocycles. The molecule has 0 bridgehead atoms. The van der Waals surface area contributed by atoms with Gasteiger partial charge in [0.15, 0.2) is 5.76 Å². The Bertz CT molecular complexity index is 957. The smallest absolute Gasteiger partial charge is 0.351 e. The van der Waals surface area contributed by atoms with Gasteiger partial charge in [0.05, 0.1) is 23.6 Å². The van der Waals surface area contributed by atoms with Crippen molar-refractivity contribution in [1.82, 2.24) is 9.61 Å². The summed E-state index contributed by atoms with van der Waals surface area (Å²) in [6, 6.07) is 1.78. The lowest BCUT2D eigenvalue weighted by atomic mass is 10.1. The molecular weight excluding hydrogens is 362 g/mol. The molecule has 0 saturated carbocycles. The van der Waals surface area contributed by atoms with Crippen molar-refractivity contribution in [3.8, 4) is 0 Å². The topological polar surface area (TPSA) is 127 Å². The van der Waals surface area contributed by atoms with Crippen LogP contribution in [-0.2, 0) is 33.8 Å². The predicted octanol–water partition coefficient (Wildman–Crippen LogP) is 1.15. The molecule has 0 spiro atoms. The highest BCUT2D eigenvalue weighted by Crippen LogP contribution is 2.28. The standard InChI is InChI=1S/C16H15N3O6S/c20-15(21)9-5-17-10(16(22)23)7-26-13(9)3-8-4-14-19(18-8)11-1-2-24-6-12(11)25-14/h4-5,13H,1-3,6-7H2,(H,20,21)(H,22,23). The zero-order chi connectivity index (χ0) is 18.3. The Hall–Kier alpha value is -2.59. The van der Waals surface area contributed by atoms with Gasteiger partial charge in [-0.25, -0.2) is 14.1 Å². The molecule has 0 amide bonds. The number of aliphatic imine (C=N–C) groups is 1. The van der Waals surface area contributed by atoms with Crippen LogP contribution in [0, 0.1) is 0 Å². The number of carboxylic acids is 2. The molecule has 1 unspecified atom stereocenters. The van der Waals surface area contributed by atoms with E-state index in [2.05, 4.69) is 10.1 Å². The lowest BCUT2D eigenvalue weighted by Crippen LogP contribution is -2.20. The average Bonchev–Trinajstić information content (AvgIpc) is 3.04. The van der Waals surface area contributed by atoms with Crippen molar-refractivity contribution >= 4 is 35.1 Å². The molecule has 0 aromatic carbocycles. The third-order valence-electron chi connectivity index (χ3n) is 4.26. The highest BCUT2D eigenvalue weighted by molar-refractivity contribution is 8.00. The Labute approximate surface area is 151 Å². The zero-order valence-corrected chi connectivity index (χ0v) is 14.4. The summed E-state index contributed by atoms with van der Waals surface area (Å²) in [6.45, 7) is 1.03. The van der Waals surface area contributed by atoms with Gasteiger partial charge in [-0.1, -0.05) is 0 Å². The number of thioether (sulfide) groups is 1. The van der Waals surface area contributed by atoms with Crippen molar-refractivity contribution in [3.63, 3.8) is 0 Å². The summed E-state index contributed by atoms with van der Waals surface area (Å²) in [7, 11) is 0. The van der Waals surface area contributed by atoms with Crippen LogP contribution in [0.15, 0.2) is 27.2 Å². The van der Waals surface area contributed by atoms with Gasteiger partial charge in [-0.2, -0.15) is 5.10 Å². The Morgan fingerprint density at radius 3 is 2.96 bits per heavy atom. The maximum Gasteiger partial charge on any atom is 0.351 e. The number of oxazole rings is 1. The minimum absolute atomic E-state index is 0.0614. The summed E-state index contributed by atoms with van der Waals surface area (Å²) in [5, 5.41) is 22.6. The summed E-state index contributed by atoms with van der Waals surface area (Å²) in [5.41, 5.74) is 2.24. The number of ether oxygens (including phenoxy) is 1. The van der Waals surface area contributed by atoms with E-state index >= 15 is 0 Å². The maximum absolute atomic E-state index is 11.5. The molecule has 1 atom stereocenters. The van der Waals surface area contributed by atoms with Gasteiger partial charge >= 0.3 is 11.9 Å². The van der Waals surface area contributed by atoms with Crippen LogP contribution in [0.4, 0.5) is 0 Å². The fraction of sp³-hybridized carbons (Fsp3) is 0.375. The Morgan fingerprint density at radius 1 is 1.35 bits per heavy atom. The molecule has 10 heteroatoms. The van der Waals surface area contributed by atoms with Gasteiger partial charge in [0.25, 0.3) is 0 Å². The largest absolute Gasteiger partial charge is 0.478 e. The first-order chi connectivity index (χ1) is 12.5. The third-order valence-corrected chi connectivity index (χ3v) is 5.53. The van der Waals surface area contributed by atoms with E-state index in [-0.39, 0.29) is 17.0 Å². The van der Waals surface area contributed by atoms with Gasteiger partial charge in [-0.05, 0) is 0 Å². The molecule has 9 nitrogen and oxygen atoms in total. The first-order valence-corrected chi connectivity index (χ1v) is 8.99. The van der Waals surface area contributed by atoms with E-state index in [0.717, 1.165) is 17.7 Å². The van der Waals surface area contributed by atoms with Crippen LogP contribution < -0.4 is 0 Å². The molecular formula is C16H15N3O6S. The number of carbonyl (C=O) groups is 2. The Morgan fingerprint density at radius 2 is 2.19 bits per heavy atom. The summed E-state index contributed by atoms with van der Waals surface area (Å²) in [5.74, 6) is -1.37. The van der Waals surface area contributed by atoms with Crippen molar-refractivity contribution in [1.29, 1.82) is 0 Å². The van der Waals surface area contributed by atoms with Gasteiger partial charge < -0.3 is 19.4 Å². The van der Waals surface area contributed by atoms with Crippen LogP contribution >= 0.6 is 11.8 Å². The molecule has 4 heterocycles. The zero-order valence-electron chi connectivity index (χ0n) is 13.5. The van der Waals surface area contributed by atoms with Crippen molar-refractivity contribution in [2.75, 3.05) is 12.4 Å². The first-order valence-electron chi connectivity index (χ1n) is 7.95. The van der Waals surface area contributed by atoms with Gasteiger partial charge in [-0.3, -0.25) is 4.99 Å². The molecule has 2 aliphatic rings. The fourth-order valence-corrected chi connectivity index (χ4v) is 4.16. The fourth-order valence-electron chi connectivity index (χ4n) is 2.98. The van der Waals surface area contributed by atoms with E-state index in [1.807, 2.05) is 0 Å². The number of hydrogen-bond donors (Lipinski definition) is 2. The molecule has 2 aromatic heterocycles. The number of fused-ring (bicyclic) bond motifs is 3. The van der Waals surface area contributed by atoms with Crippen molar-refractivity contribution < 1.29 is 29.0 Å². The molecule has 26 heavy (non-hydrogen) atoms. The SMILES string of the molecule is O=C(O)C1=CN=C(C(=O)O)CSC1Cc1cc2oc3c(n2n1)CCOC3. The average molecular weight is 377 g/mol. The van der Waals surface area contributed by atoms with Crippen LogP contribution in [0.1, 0.15) is 17.1 Å². The molecule has 0 fully saturated rings. The number of aromatic nitrogens is 2. The molecule has 4 rings (SSSR count). The van der Waals surface area contributed by atoms with Crippen LogP contribution in [0.2, 0.25) is 0 Å². The monoisotopic (exact) mass is 377 g/mol. The van der Waals surface area contributed by atoms with Crippen molar-refractivity contribution in [2.24, 2.45) is 4.99 Å². The van der Waals surface area contributed by atoms with Crippen LogP contribution in [0.5, 0.6) is 0 Å². The summed E-state index contributed by atoms with van der Waals surface area (Å²) < 4.78 is 12.8. The van der Waals surface area contributed by atoms with E-state index in [4.69, 9.17) is 14.3 Å². The first kappa shape index (κ1) is 16.9. The molecule has 2 aromatic rings. The molecule has 0 aliphatic carbocycles. The molecule has 0 saturated heterocycles. The minimum atomic E-state index is -1.15. The van der Waals surface area contributed by atoms with Crippen molar-refractivity contribution in [3.05, 3.63) is 35.0 Å². The summed E-state index contributed by atoms with van der Waals surface area (Å²) in [4.78, 5) is 26.5. The lowest BCUT2D eigenvalue weighted by Gasteiger charge is -2.14. The number of hydrogen-bond acceptors (Lipinski definition) is 7. The minimum Gasteiger partial charge on any atom is -0.478 e. The second-order valence-corrected chi connectivity index (χ2v) is 7.13. The van der Waals surface area contributed by atoms with Gasteiger partial charge in [0, 0.05) is 36.1 Å². The van der Waals surface area contributed by atoms with Gasteiger partial charge in [-0.15, -0.1) is 11.8 Å². The van der Waals surface area contributed by atoms with Gasteiger partial charge in [0.1, 0.15) is 12.3 Å². The number of aliphatic carboxylic acids is 2. The normalized spacial score (nSPS) is 20.2. The predicted molar refractivity (Wildman–Crippen MR) is 91.6 cm³/mol. The van der Waals surface area contributed by atoms with Crippen LogP contribution in [-0.4, -0.2) is 55.1 Å².